The third kappa shape index (κ3) is 3.83. The first-order valence-electron chi connectivity index (χ1n) is 7.50. The highest BCUT2D eigenvalue weighted by Crippen LogP contribution is 2.35. The molecule has 1 amide bonds. The van der Waals surface area contributed by atoms with Gasteiger partial charge in [0, 0.05) is 18.2 Å². The predicted octanol–water partition coefficient (Wildman–Crippen LogP) is 3.15. The highest BCUT2D eigenvalue weighted by atomic mass is 16.1. The van der Waals surface area contributed by atoms with Gasteiger partial charge in [0.25, 0.3) is 0 Å². The summed E-state index contributed by atoms with van der Waals surface area (Å²) >= 11 is 0. The normalized spacial score (nSPS) is 18.9. The van der Waals surface area contributed by atoms with Gasteiger partial charge in [-0.1, -0.05) is 19.9 Å². The molecule has 0 aromatic heterocycles. The molecule has 1 aliphatic carbocycles. The van der Waals surface area contributed by atoms with Crippen LogP contribution in [-0.2, 0) is 6.54 Å². The van der Waals surface area contributed by atoms with E-state index < -0.39 is 0 Å². The van der Waals surface area contributed by atoms with Gasteiger partial charge in [0.1, 0.15) is 0 Å². The quantitative estimate of drug-likeness (QED) is 0.886. The average Bonchev–Trinajstić information content (AvgIpc) is 2.38. The molecule has 3 N–H and O–H groups in total. The van der Waals surface area contributed by atoms with Crippen molar-refractivity contribution in [3.05, 3.63) is 34.9 Å². The Morgan fingerprint density at radius 3 is 2.55 bits per heavy atom. The Morgan fingerprint density at radius 1 is 1.35 bits per heavy atom. The van der Waals surface area contributed by atoms with E-state index in [-0.39, 0.29) is 5.91 Å². The molecule has 0 aliphatic heterocycles. The zero-order valence-electron chi connectivity index (χ0n) is 12.8. The van der Waals surface area contributed by atoms with Crippen molar-refractivity contribution < 1.29 is 4.79 Å². The SMILES string of the molecule is Cc1cc(C(N)=O)ccc1CNC1CCC(C)(C)CC1. The molecule has 20 heavy (non-hydrogen) atoms. The Balaban J connectivity index is 1.90. The van der Waals surface area contributed by atoms with Crippen LogP contribution in [0.4, 0.5) is 0 Å². The minimum Gasteiger partial charge on any atom is -0.366 e. The lowest BCUT2D eigenvalue weighted by Crippen LogP contribution is -2.35. The van der Waals surface area contributed by atoms with E-state index >= 15 is 0 Å². The second-order valence-corrected chi connectivity index (χ2v) is 6.82. The zero-order valence-corrected chi connectivity index (χ0v) is 12.8. The predicted molar refractivity (Wildman–Crippen MR) is 82.6 cm³/mol. The van der Waals surface area contributed by atoms with Crippen molar-refractivity contribution in [2.24, 2.45) is 11.1 Å². The summed E-state index contributed by atoms with van der Waals surface area (Å²) in [7, 11) is 0. The Labute approximate surface area is 121 Å². The molecule has 1 saturated carbocycles. The van der Waals surface area contributed by atoms with Crippen LogP contribution in [0.3, 0.4) is 0 Å². The summed E-state index contributed by atoms with van der Waals surface area (Å²) in [6, 6.07) is 6.33. The fraction of sp³-hybridized carbons (Fsp3) is 0.588. The van der Waals surface area contributed by atoms with E-state index in [9.17, 15) is 4.79 Å². The number of rotatable bonds is 4. The fourth-order valence-electron chi connectivity index (χ4n) is 2.91. The number of hydrogen-bond acceptors (Lipinski definition) is 2. The number of nitrogens with two attached hydrogens (primary N) is 1. The highest BCUT2D eigenvalue weighted by molar-refractivity contribution is 5.93. The first-order chi connectivity index (χ1) is 9.37. The molecular weight excluding hydrogens is 248 g/mol. The van der Waals surface area contributed by atoms with Crippen LogP contribution >= 0.6 is 0 Å². The molecule has 0 bridgehead atoms. The lowest BCUT2D eigenvalue weighted by atomic mass is 9.75. The Kier molecular flexibility index (Phi) is 4.48. The molecule has 0 atom stereocenters. The van der Waals surface area contributed by atoms with Crippen molar-refractivity contribution in [1.29, 1.82) is 0 Å². The molecule has 0 spiro atoms. The summed E-state index contributed by atoms with van der Waals surface area (Å²) in [6.45, 7) is 7.62. The summed E-state index contributed by atoms with van der Waals surface area (Å²) in [5, 5.41) is 3.65. The minimum atomic E-state index is -0.359. The number of aryl methyl sites for hydroxylation is 1. The van der Waals surface area contributed by atoms with Gasteiger partial charge >= 0.3 is 0 Å². The molecule has 0 unspecified atom stereocenters. The van der Waals surface area contributed by atoms with E-state index in [0.29, 0.717) is 17.0 Å². The molecule has 3 heteroatoms. The molecule has 1 aromatic carbocycles. The maximum absolute atomic E-state index is 11.1. The third-order valence-electron chi connectivity index (χ3n) is 4.55. The first kappa shape index (κ1) is 15.0. The van der Waals surface area contributed by atoms with Crippen LogP contribution in [-0.4, -0.2) is 11.9 Å². The molecule has 1 aromatic rings. The van der Waals surface area contributed by atoms with Crippen LogP contribution in [0, 0.1) is 12.3 Å². The Bertz CT molecular complexity index is 484. The average molecular weight is 274 g/mol. The maximum atomic E-state index is 11.1. The molecule has 0 heterocycles. The van der Waals surface area contributed by atoms with Gasteiger partial charge in [-0.25, -0.2) is 0 Å². The van der Waals surface area contributed by atoms with E-state index in [4.69, 9.17) is 5.73 Å². The number of primary amides is 1. The number of hydrogen-bond donors (Lipinski definition) is 2. The monoisotopic (exact) mass is 274 g/mol. The van der Waals surface area contributed by atoms with Crippen LogP contribution < -0.4 is 11.1 Å². The third-order valence-corrected chi connectivity index (χ3v) is 4.55. The Hall–Kier alpha value is -1.35. The largest absolute Gasteiger partial charge is 0.366 e. The molecular formula is C17H26N2O. The van der Waals surface area contributed by atoms with Gasteiger partial charge in [-0.2, -0.15) is 0 Å². The number of carbonyl (C=O) groups excluding carboxylic acids is 1. The Morgan fingerprint density at radius 2 is 2.00 bits per heavy atom. The van der Waals surface area contributed by atoms with Crippen molar-refractivity contribution in [2.45, 2.75) is 59.0 Å². The fourth-order valence-corrected chi connectivity index (χ4v) is 2.91. The molecule has 1 fully saturated rings. The number of carbonyl (C=O) groups is 1. The van der Waals surface area contributed by atoms with E-state index in [2.05, 4.69) is 19.2 Å². The van der Waals surface area contributed by atoms with Crippen LogP contribution in [0.15, 0.2) is 18.2 Å². The van der Waals surface area contributed by atoms with Crippen molar-refractivity contribution in [3.63, 3.8) is 0 Å². The van der Waals surface area contributed by atoms with Gasteiger partial charge in [-0.3, -0.25) is 4.79 Å². The summed E-state index contributed by atoms with van der Waals surface area (Å²) in [6.07, 6.45) is 5.10. The number of amides is 1. The molecule has 2 rings (SSSR count). The molecule has 110 valence electrons. The molecule has 1 aliphatic rings. The van der Waals surface area contributed by atoms with Crippen LogP contribution in [0.1, 0.15) is 61.0 Å². The van der Waals surface area contributed by atoms with E-state index in [1.54, 1.807) is 0 Å². The van der Waals surface area contributed by atoms with Gasteiger partial charge in [0.2, 0.25) is 5.91 Å². The van der Waals surface area contributed by atoms with Gasteiger partial charge in [-0.15, -0.1) is 0 Å². The standard InChI is InChI=1S/C17H26N2O/c1-12-10-13(16(18)20)4-5-14(12)11-19-15-6-8-17(2,3)9-7-15/h4-5,10,15,19H,6-9,11H2,1-3H3,(H2,18,20). The van der Waals surface area contributed by atoms with E-state index in [1.165, 1.54) is 31.2 Å². The lowest BCUT2D eigenvalue weighted by molar-refractivity contribution is 0.1000. The van der Waals surface area contributed by atoms with E-state index in [1.807, 2.05) is 25.1 Å². The van der Waals surface area contributed by atoms with Crippen LogP contribution in [0.2, 0.25) is 0 Å². The van der Waals surface area contributed by atoms with Gasteiger partial charge < -0.3 is 11.1 Å². The van der Waals surface area contributed by atoms with Crippen molar-refractivity contribution in [1.82, 2.24) is 5.32 Å². The highest BCUT2D eigenvalue weighted by Gasteiger charge is 2.26. The first-order valence-corrected chi connectivity index (χ1v) is 7.50. The number of nitrogens with one attached hydrogen (secondary N) is 1. The van der Waals surface area contributed by atoms with Gasteiger partial charge in [0.05, 0.1) is 0 Å². The smallest absolute Gasteiger partial charge is 0.248 e. The van der Waals surface area contributed by atoms with E-state index in [0.717, 1.165) is 12.1 Å². The molecule has 3 nitrogen and oxygen atoms in total. The summed E-state index contributed by atoms with van der Waals surface area (Å²) in [5.41, 5.74) is 8.77. The van der Waals surface area contributed by atoms with Crippen LogP contribution in [0.5, 0.6) is 0 Å². The summed E-state index contributed by atoms with van der Waals surface area (Å²) in [4.78, 5) is 11.1. The second kappa shape index (κ2) is 5.96. The maximum Gasteiger partial charge on any atom is 0.248 e. The second-order valence-electron chi connectivity index (χ2n) is 6.82. The van der Waals surface area contributed by atoms with Crippen molar-refractivity contribution in [3.8, 4) is 0 Å². The zero-order chi connectivity index (χ0) is 14.8. The van der Waals surface area contributed by atoms with Gasteiger partial charge in [0.15, 0.2) is 0 Å². The van der Waals surface area contributed by atoms with Gasteiger partial charge in [-0.05, 0) is 61.3 Å². The topological polar surface area (TPSA) is 55.1 Å². The lowest BCUT2D eigenvalue weighted by Gasteiger charge is -2.34. The van der Waals surface area contributed by atoms with Crippen molar-refractivity contribution >= 4 is 5.91 Å². The summed E-state index contributed by atoms with van der Waals surface area (Å²) < 4.78 is 0. The molecule has 0 saturated heterocycles. The number of benzene rings is 1. The van der Waals surface area contributed by atoms with Crippen LogP contribution in [0.25, 0.3) is 0 Å². The van der Waals surface area contributed by atoms with Crippen molar-refractivity contribution in [2.75, 3.05) is 0 Å². The minimum absolute atomic E-state index is 0.359. The summed E-state index contributed by atoms with van der Waals surface area (Å²) in [5.74, 6) is -0.359. The molecule has 0 radical (unpaired) electrons.